The highest BCUT2D eigenvalue weighted by molar-refractivity contribution is 7.90. The first-order chi connectivity index (χ1) is 8.95. The maximum Gasteiger partial charge on any atom is 0.175 e. The van der Waals surface area contributed by atoms with E-state index in [1.807, 2.05) is 12.1 Å². The van der Waals surface area contributed by atoms with E-state index in [0.717, 1.165) is 37.7 Å². The van der Waals surface area contributed by atoms with Crippen LogP contribution in [0.15, 0.2) is 41.8 Å². The highest BCUT2D eigenvalue weighted by Crippen LogP contribution is 2.20. The molecule has 3 nitrogen and oxygen atoms in total. The zero-order valence-corrected chi connectivity index (χ0v) is 12.3. The van der Waals surface area contributed by atoms with Crippen LogP contribution < -0.4 is 5.73 Å². The van der Waals surface area contributed by atoms with Gasteiger partial charge in [0.25, 0.3) is 0 Å². The molecule has 106 valence electrons. The Labute approximate surface area is 116 Å². The van der Waals surface area contributed by atoms with Gasteiger partial charge < -0.3 is 5.73 Å². The number of sulfone groups is 1. The third-order valence-electron chi connectivity index (χ3n) is 3.14. The van der Waals surface area contributed by atoms with E-state index in [4.69, 9.17) is 5.73 Å². The van der Waals surface area contributed by atoms with E-state index in [-0.39, 0.29) is 6.04 Å². The molecule has 1 atom stereocenters. The lowest BCUT2D eigenvalue weighted by atomic mass is 10.0. The molecule has 1 aromatic carbocycles. The quantitative estimate of drug-likeness (QED) is 0.588. The molecule has 0 radical (unpaired) electrons. The van der Waals surface area contributed by atoms with Crippen molar-refractivity contribution >= 4 is 9.84 Å². The van der Waals surface area contributed by atoms with E-state index in [0.29, 0.717) is 4.90 Å². The van der Waals surface area contributed by atoms with Crippen molar-refractivity contribution in [2.24, 2.45) is 5.73 Å². The number of unbranched alkanes of at least 4 members (excludes halogenated alkanes) is 3. The molecule has 0 aliphatic rings. The third-order valence-corrected chi connectivity index (χ3v) is 4.25. The summed E-state index contributed by atoms with van der Waals surface area (Å²) in [4.78, 5) is 0.340. The topological polar surface area (TPSA) is 60.2 Å². The van der Waals surface area contributed by atoms with Gasteiger partial charge in [-0.2, -0.15) is 0 Å². The number of nitrogens with two attached hydrogens (primary N) is 1. The van der Waals surface area contributed by atoms with Crippen molar-refractivity contribution in [3.63, 3.8) is 0 Å². The van der Waals surface area contributed by atoms with E-state index in [9.17, 15) is 8.42 Å². The number of rotatable bonds is 8. The van der Waals surface area contributed by atoms with Crippen LogP contribution in [-0.4, -0.2) is 14.7 Å². The molecule has 1 unspecified atom stereocenters. The molecule has 1 aromatic rings. The lowest BCUT2D eigenvalue weighted by Gasteiger charge is -2.12. The summed E-state index contributed by atoms with van der Waals surface area (Å²) in [6, 6.07) is 6.84. The monoisotopic (exact) mass is 281 g/mol. The molecule has 0 amide bonds. The minimum Gasteiger partial charge on any atom is -0.324 e. The second kappa shape index (κ2) is 7.46. The standard InChI is InChI=1S/C15H23NO2S/c1-3-4-5-6-7-11-15(16)13-9-8-10-14(12-13)19(2,17)18/h3,8-10,12,15H,1,4-7,11,16H2,2H3. The molecule has 0 spiro atoms. The molecule has 1 rings (SSSR count). The average Bonchev–Trinajstić information content (AvgIpc) is 2.37. The first kappa shape index (κ1) is 15.9. The molecule has 0 aliphatic heterocycles. The predicted octanol–water partition coefficient (Wildman–Crippen LogP) is 3.23. The maximum atomic E-state index is 11.5. The summed E-state index contributed by atoms with van der Waals surface area (Å²) in [7, 11) is -3.16. The molecule has 19 heavy (non-hydrogen) atoms. The Balaban J connectivity index is 2.57. The van der Waals surface area contributed by atoms with Gasteiger partial charge in [-0.25, -0.2) is 8.42 Å². The molecule has 0 aromatic heterocycles. The Bertz CT molecular complexity index is 509. The van der Waals surface area contributed by atoms with Crippen LogP contribution >= 0.6 is 0 Å². The molecule has 0 heterocycles. The van der Waals surface area contributed by atoms with Crippen molar-refractivity contribution in [3.05, 3.63) is 42.5 Å². The third kappa shape index (κ3) is 5.57. The van der Waals surface area contributed by atoms with Crippen LogP contribution in [0.4, 0.5) is 0 Å². The molecule has 0 saturated heterocycles. The van der Waals surface area contributed by atoms with Gasteiger partial charge in [0, 0.05) is 12.3 Å². The van der Waals surface area contributed by atoms with Gasteiger partial charge in [0.15, 0.2) is 9.84 Å². The molecular formula is C15H23NO2S. The fourth-order valence-electron chi connectivity index (χ4n) is 1.97. The summed E-state index contributed by atoms with van der Waals surface area (Å²) in [5, 5.41) is 0. The van der Waals surface area contributed by atoms with E-state index >= 15 is 0 Å². The number of hydrogen-bond acceptors (Lipinski definition) is 3. The van der Waals surface area contributed by atoms with Gasteiger partial charge in [-0.15, -0.1) is 6.58 Å². The predicted molar refractivity (Wildman–Crippen MR) is 79.8 cm³/mol. The van der Waals surface area contributed by atoms with Crippen molar-refractivity contribution in [3.8, 4) is 0 Å². The maximum absolute atomic E-state index is 11.5. The van der Waals surface area contributed by atoms with Gasteiger partial charge in [-0.3, -0.25) is 0 Å². The summed E-state index contributed by atoms with van der Waals surface area (Å²) in [6.45, 7) is 3.69. The minimum absolute atomic E-state index is 0.0922. The number of benzene rings is 1. The van der Waals surface area contributed by atoms with Gasteiger partial charge in [0.1, 0.15) is 0 Å². The van der Waals surface area contributed by atoms with Gasteiger partial charge in [0.05, 0.1) is 4.90 Å². The first-order valence-corrected chi connectivity index (χ1v) is 8.51. The SMILES string of the molecule is C=CCCCCCC(N)c1cccc(S(C)(=O)=O)c1. The van der Waals surface area contributed by atoms with Crippen molar-refractivity contribution in [2.75, 3.05) is 6.26 Å². The van der Waals surface area contributed by atoms with Crippen molar-refractivity contribution in [1.29, 1.82) is 0 Å². The second-order valence-corrected chi connectivity index (χ2v) is 6.89. The normalized spacial score (nSPS) is 13.2. The Kier molecular flexibility index (Phi) is 6.25. The second-order valence-electron chi connectivity index (χ2n) is 4.88. The van der Waals surface area contributed by atoms with Crippen molar-refractivity contribution in [1.82, 2.24) is 0 Å². The molecule has 2 N–H and O–H groups in total. The number of allylic oxidation sites excluding steroid dienone is 1. The lowest BCUT2D eigenvalue weighted by Crippen LogP contribution is -2.11. The van der Waals surface area contributed by atoms with E-state index in [2.05, 4.69) is 6.58 Å². The summed E-state index contributed by atoms with van der Waals surface area (Å²) in [6.07, 6.45) is 8.38. The molecule has 4 heteroatoms. The largest absolute Gasteiger partial charge is 0.324 e. The van der Waals surface area contributed by atoms with Crippen LogP contribution in [-0.2, 0) is 9.84 Å². The van der Waals surface area contributed by atoms with Crippen molar-refractivity contribution < 1.29 is 8.42 Å². The lowest BCUT2D eigenvalue weighted by molar-refractivity contribution is 0.571. The van der Waals surface area contributed by atoms with E-state index < -0.39 is 9.84 Å². The van der Waals surface area contributed by atoms with E-state index in [1.165, 1.54) is 6.26 Å². The molecule has 0 bridgehead atoms. The summed E-state index contributed by atoms with van der Waals surface area (Å²) < 4.78 is 23.0. The van der Waals surface area contributed by atoms with Gasteiger partial charge in [-0.1, -0.05) is 31.1 Å². The molecule has 0 aliphatic carbocycles. The van der Waals surface area contributed by atoms with Crippen LogP contribution in [0.5, 0.6) is 0 Å². The molecule has 0 fully saturated rings. The van der Waals surface area contributed by atoms with Gasteiger partial charge in [0.2, 0.25) is 0 Å². The molecular weight excluding hydrogens is 258 g/mol. The Morgan fingerprint density at radius 3 is 2.68 bits per heavy atom. The highest BCUT2D eigenvalue weighted by atomic mass is 32.2. The van der Waals surface area contributed by atoms with Gasteiger partial charge >= 0.3 is 0 Å². The Morgan fingerprint density at radius 1 is 1.32 bits per heavy atom. The zero-order valence-electron chi connectivity index (χ0n) is 11.5. The van der Waals surface area contributed by atoms with Crippen LogP contribution in [0.1, 0.15) is 43.7 Å². The van der Waals surface area contributed by atoms with Crippen molar-refractivity contribution in [2.45, 2.75) is 43.0 Å². The van der Waals surface area contributed by atoms with Gasteiger partial charge in [-0.05, 0) is 37.0 Å². The summed E-state index contributed by atoms with van der Waals surface area (Å²) in [5.41, 5.74) is 7.00. The zero-order chi connectivity index (χ0) is 14.3. The van der Waals surface area contributed by atoms with Crippen LogP contribution in [0.3, 0.4) is 0 Å². The Hall–Kier alpha value is -1.13. The highest BCUT2D eigenvalue weighted by Gasteiger charge is 2.11. The van der Waals surface area contributed by atoms with E-state index in [1.54, 1.807) is 18.2 Å². The average molecular weight is 281 g/mol. The van der Waals surface area contributed by atoms with Crippen LogP contribution in [0.2, 0.25) is 0 Å². The fraction of sp³-hybridized carbons (Fsp3) is 0.467. The minimum atomic E-state index is -3.16. The van der Waals surface area contributed by atoms with Crippen LogP contribution in [0.25, 0.3) is 0 Å². The number of hydrogen-bond donors (Lipinski definition) is 1. The Morgan fingerprint density at radius 2 is 2.05 bits per heavy atom. The summed E-state index contributed by atoms with van der Waals surface area (Å²) >= 11 is 0. The summed E-state index contributed by atoms with van der Waals surface area (Å²) in [5.74, 6) is 0. The molecule has 0 saturated carbocycles. The smallest absolute Gasteiger partial charge is 0.175 e. The fourth-order valence-corrected chi connectivity index (χ4v) is 2.65. The van der Waals surface area contributed by atoms with Crippen LogP contribution in [0, 0.1) is 0 Å². The first-order valence-electron chi connectivity index (χ1n) is 6.61.